The molecule has 3 rings (SSSR count). The van der Waals surface area contributed by atoms with Crippen LogP contribution < -0.4 is 10.6 Å². The first kappa shape index (κ1) is 20.6. The molecule has 0 spiro atoms. The molecule has 2 unspecified atom stereocenters. The third-order valence-electron chi connectivity index (χ3n) is 4.29. The van der Waals surface area contributed by atoms with Gasteiger partial charge in [0.25, 0.3) is 5.91 Å². The summed E-state index contributed by atoms with van der Waals surface area (Å²) in [5.41, 5.74) is 1.33. The van der Waals surface area contributed by atoms with Crippen LogP contribution in [0, 0.1) is 5.92 Å². The van der Waals surface area contributed by atoms with E-state index in [1.807, 2.05) is 0 Å². The van der Waals surface area contributed by atoms with Gasteiger partial charge in [-0.1, -0.05) is 34.8 Å². The second-order valence-electron chi connectivity index (χ2n) is 6.10. The first-order chi connectivity index (χ1) is 12.6. The number of alkyl halides is 2. The number of amides is 2. The molecule has 1 fully saturated rings. The molecule has 2 aromatic carbocycles. The summed E-state index contributed by atoms with van der Waals surface area (Å²) in [6.45, 7) is 0. The first-order valence-electron chi connectivity index (χ1n) is 7.81. The number of halogens is 5. The van der Waals surface area contributed by atoms with Gasteiger partial charge in [-0.05, 0) is 42.0 Å². The summed E-state index contributed by atoms with van der Waals surface area (Å²) < 4.78 is -1.28. The molecule has 0 radical (unpaired) electrons. The summed E-state index contributed by atoms with van der Waals surface area (Å²) in [5.74, 6) is -1.90. The Kier molecular flexibility index (Phi) is 5.85. The molecule has 2 N–H and O–H groups in total. The minimum atomic E-state index is -1.28. The molecule has 1 aliphatic carbocycles. The minimum Gasteiger partial charge on any atom is -0.355 e. The number of hydrogen-bond acceptors (Lipinski definition) is 2. The van der Waals surface area contributed by atoms with Gasteiger partial charge in [-0.2, -0.15) is 0 Å². The Bertz CT molecular complexity index is 912. The lowest BCUT2D eigenvalue weighted by atomic mass is 10.1. The Balaban J connectivity index is 1.81. The smallest absolute Gasteiger partial charge is 0.252 e. The maximum Gasteiger partial charge on any atom is 0.252 e. The van der Waals surface area contributed by atoms with Crippen molar-refractivity contribution < 1.29 is 9.59 Å². The standard InChI is InChI=1S/C18H13Cl5N2O2/c1-24-16(26)12-7-11(2-3-13(12)21)25-17(27)15-14(18(15,22)23)8-4-9(19)6-10(20)5-8/h2-7,14-15H,1H3,(H,24,26)(H,25,27). The average molecular weight is 467 g/mol. The Morgan fingerprint density at radius 3 is 2.22 bits per heavy atom. The van der Waals surface area contributed by atoms with Crippen molar-refractivity contribution >= 4 is 75.5 Å². The van der Waals surface area contributed by atoms with Gasteiger partial charge in [0.1, 0.15) is 4.33 Å². The largest absolute Gasteiger partial charge is 0.355 e. The van der Waals surface area contributed by atoms with E-state index >= 15 is 0 Å². The predicted octanol–water partition coefficient (Wildman–Crippen LogP) is 5.53. The number of nitrogens with one attached hydrogen (secondary N) is 2. The van der Waals surface area contributed by atoms with Crippen LogP contribution in [0.2, 0.25) is 15.1 Å². The van der Waals surface area contributed by atoms with E-state index in [4.69, 9.17) is 58.0 Å². The molecule has 0 saturated heterocycles. The van der Waals surface area contributed by atoms with Crippen molar-refractivity contribution in [3.8, 4) is 0 Å². The van der Waals surface area contributed by atoms with E-state index in [9.17, 15) is 9.59 Å². The molecular weight excluding hydrogens is 453 g/mol. The number of rotatable bonds is 4. The molecule has 27 heavy (non-hydrogen) atoms. The summed E-state index contributed by atoms with van der Waals surface area (Å²) >= 11 is 30.7. The zero-order valence-electron chi connectivity index (χ0n) is 13.8. The van der Waals surface area contributed by atoms with Crippen LogP contribution in [0.15, 0.2) is 36.4 Å². The van der Waals surface area contributed by atoms with Crippen LogP contribution in [-0.2, 0) is 4.79 Å². The van der Waals surface area contributed by atoms with Gasteiger partial charge in [-0.25, -0.2) is 0 Å². The summed E-state index contributed by atoms with van der Waals surface area (Å²) in [6, 6.07) is 9.54. The summed E-state index contributed by atoms with van der Waals surface area (Å²) in [5, 5.41) is 6.34. The Morgan fingerprint density at radius 2 is 1.63 bits per heavy atom. The van der Waals surface area contributed by atoms with Crippen LogP contribution in [0.4, 0.5) is 5.69 Å². The second-order valence-corrected chi connectivity index (χ2v) is 8.82. The second kappa shape index (κ2) is 7.69. The van der Waals surface area contributed by atoms with Crippen LogP contribution >= 0.6 is 58.0 Å². The fourth-order valence-electron chi connectivity index (χ4n) is 2.95. The van der Waals surface area contributed by atoms with E-state index in [0.29, 0.717) is 21.3 Å². The Hall–Kier alpha value is -1.17. The van der Waals surface area contributed by atoms with Crippen LogP contribution in [0.1, 0.15) is 21.8 Å². The van der Waals surface area contributed by atoms with Gasteiger partial charge in [0, 0.05) is 28.7 Å². The van der Waals surface area contributed by atoms with Crippen molar-refractivity contribution in [2.75, 3.05) is 12.4 Å². The SMILES string of the molecule is CNC(=O)c1cc(NC(=O)C2C(c3cc(Cl)cc(Cl)c3)C2(Cl)Cl)ccc1Cl. The lowest BCUT2D eigenvalue weighted by Gasteiger charge is -2.09. The molecule has 0 bridgehead atoms. The molecule has 1 aliphatic rings. The molecule has 0 heterocycles. The lowest BCUT2D eigenvalue weighted by molar-refractivity contribution is -0.117. The molecule has 9 heteroatoms. The van der Waals surface area contributed by atoms with Gasteiger partial charge in [0.15, 0.2) is 0 Å². The Morgan fingerprint density at radius 1 is 1.00 bits per heavy atom. The van der Waals surface area contributed by atoms with Gasteiger partial charge in [-0.15, -0.1) is 23.2 Å². The zero-order chi connectivity index (χ0) is 19.9. The van der Waals surface area contributed by atoms with Gasteiger partial charge < -0.3 is 10.6 Å². The molecule has 2 aromatic rings. The maximum absolute atomic E-state index is 12.7. The summed E-state index contributed by atoms with van der Waals surface area (Å²) in [6.07, 6.45) is 0. The molecule has 4 nitrogen and oxygen atoms in total. The number of hydrogen-bond donors (Lipinski definition) is 2. The Labute approximate surface area is 181 Å². The number of anilines is 1. The van der Waals surface area contributed by atoms with Gasteiger partial charge in [-0.3, -0.25) is 9.59 Å². The number of benzene rings is 2. The van der Waals surface area contributed by atoms with Crippen LogP contribution in [0.25, 0.3) is 0 Å². The van der Waals surface area contributed by atoms with Crippen LogP contribution in [-0.4, -0.2) is 23.2 Å². The molecule has 2 atom stereocenters. The van der Waals surface area contributed by atoms with Gasteiger partial charge >= 0.3 is 0 Å². The third kappa shape index (κ3) is 4.15. The molecule has 0 aromatic heterocycles. The molecule has 142 valence electrons. The van der Waals surface area contributed by atoms with Crippen molar-refractivity contribution in [2.24, 2.45) is 5.92 Å². The number of carbonyl (C=O) groups excluding carboxylic acids is 2. The molecule has 1 saturated carbocycles. The van der Waals surface area contributed by atoms with Crippen molar-refractivity contribution in [2.45, 2.75) is 10.3 Å². The number of carbonyl (C=O) groups is 2. The van der Waals surface area contributed by atoms with Gasteiger partial charge in [0.2, 0.25) is 5.91 Å². The van der Waals surface area contributed by atoms with E-state index in [0.717, 1.165) is 0 Å². The average Bonchev–Trinajstić information content (AvgIpc) is 3.17. The van der Waals surface area contributed by atoms with E-state index < -0.39 is 16.2 Å². The van der Waals surface area contributed by atoms with Crippen molar-refractivity contribution in [3.05, 3.63) is 62.6 Å². The fourth-order valence-corrected chi connectivity index (χ4v) is 4.53. The molecular formula is C18H13Cl5N2O2. The molecule has 0 aliphatic heterocycles. The predicted molar refractivity (Wildman–Crippen MR) is 111 cm³/mol. The van der Waals surface area contributed by atoms with E-state index in [1.54, 1.807) is 24.3 Å². The molecule has 2 amide bonds. The fraction of sp³-hybridized carbons (Fsp3) is 0.222. The van der Waals surface area contributed by atoms with E-state index in [2.05, 4.69) is 10.6 Å². The van der Waals surface area contributed by atoms with Crippen molar-refractivity contribution in [1.29, 1.82) is 0 Å². The highest BCUT2D eigenvalue weighted by atomic mass is 35.5. The highest BCUT2D eigenvalue weighted by Gasteiger charge is 2.67. The van der Waals surface area contributed by atoms with Gasteiger partial charge in [0.05, 0.1) is 16.5 Å². The topological polar surface area (TPSA) is 58.2 Å². The highest BCUT2D eigenvalue weighted by Crippen LogP contribution is 2.65. The maximum atomic E-state index is 12.7. The minimum absolute atomic E-state index is 0.244. The highest BCUT2D eigenvalue weighted by molar-refractivity contribution is 6.53. The van der Waals surface area contributed by atoms with E-state index in [-0.39, 0.29) is 22.4 Å². The normalized spacial score (nSPS) is 20.1. The van der Waals surface area contributed by atoms with Crippen LogP contribution in [0.3, 0.4) is 0 Å². The zero-order valence-corrected chi connectivity index (χ0v) is 17.6. The monoisotopic (exact) mass is 464 g/mol. The first-order valence-corrected chi connectivity index (χ1v) is 9.70. The van der Waals surface area contributed by atoms with Crippen molar-refractivity contribution in [3.63, 3.8) is 0 Å². The van der Waals surface area contributed by atoms with Crippen LogP contribution in [0.5, 0.6) is 0 Å². The van der Waals surface area contributed by atoms with E-state index in [1.165, 1.54) is 19.2 Å². The third-order valence-corrected chi connectivity index (χ3v) is 5.99. The summed E-state index contributed by atoms with van der Waals surface area (Å²) in [7, 11) is 1.49. The summed E-state index contributed by atoms with van der Waals surface area (Å²) in [4.78, 5) is 24.5. The lowest BCUT2D eigenvalue weighted by Crippen LogP contribution is -2.20. The quantitative estimate of drug-likeness (QED) is 0.582. The van der Waals surface area contributed by atoms with Crippen molar-refractivity contribution in [1.82, 2.24) is 5.32 Å².